The Morgan fingerprint density at radius 3 is 2.25 bits per heavy atom. The van der Waals surface area contributed by atoms with Gasteiger partial charge in [-0.15, -0.1) is 0 Å². The second-order valence-electron chi connectivity index (χ2n) is 6.45. The fraction of sp³-hybridized carbons (Fsp3) is 0.350. The summed E-state index contributed by atoms with van der Waals surface area (Å²) in [6, 6.07) is 17.6. The Kier molecular flexibility index (Phi) is 6.53. The molecule has 0 aliphatic rings. The molecule has 2 aromatic rings. The van der Waals surface area contributed by atoms with Gasteiger partial charge in [-0.2, -0.15) is 0 Å². The molecular formula is C20H26N2O2. The standard InChI is InChI=1S/C20H26N2O2/c1-15(2)19(14-23)22(12-16-7-4-3-5-8-16)13-17-9-6-10-18(11-17)20(21)24/h3-11,15,19,23H,12-14H2,1-2H3,(H2,21,24)/t19-/m1/s1. The number of amides is 1. The van der Waals surface area contributed by atoms with Crippen LogP contribution in [0.25, 0.3) is 0 Å². The number of carbonyl (C=O) groups excluding carboxylic acids is 1. The zero-order chi connectivity index (χ0) is 17.5. The van der Waals surface area contributed by atoms with Crippen molar-refractivity contribution in [2.45, 2.75) is 33.0 Å². The lowest BCUT2D eigenvalue weighted by atomic mass is 10.0. The second-order valence-corrected chi connectivity index (χ2v) is 6.45. The molecule has 4 nitrogen and oxygen atoms in total. The van der Waals surface area contributed by atoms with Gasteiger partial charge in [-0.25, -0.2) is 0 Å². The molecule has 128 valence electrons. The number of benzene rings is 2. The molecular weight excluding hydrogens is 300 g/mol. The van der Waals surface area contributed by atoms with E-state index < -0.39 is 5.91 Å². The van der Waals surface area contributed by atoms with E-state index in [2.05, 4.69) is 30.9 Å². The summed E-state index contributed by atoms with van der Waals surface area (Å²) in [6.45, 7) is 5.71. The van der Waals surface area contributed by atoms with Gasteiger partial charge >= 0.3 is 0 Å². The molecule has 0 bridgehead atoms. The molecule has 2 rings (SSSR count). The van der Waals surface area contributed by atoms with Crippen molar-refractivity contribution in [1.82, 2.24) is 4.90 Å². The molecule has 2 aromatic carbocycles. The first-order valence-electron chi connectivity index (χ1n) is 8.29. The number of hydrogen-bond acceptors (Lipinski definition) is 3. The van der Waals surface area contributed by atoms with Crippen LogP contribution in [-0.2, 0) is 13.1 Å². The number of aliphatic hydroxyl groups is 1. The van der Waals surface area contributed by atoms with Gasteiger partial charge in [-0.1, -0.05) is 56.3 Å². The smallest absolute Gasteiger partial charge is 0.248 e. The summed E-state index contributed by atoms with van der Waals surface area (Å²) < 4.78 is 0. The predicted molar refractivity (Wildman–Crippen MR) is 96.4 cm³/mol. The molecule has 0 aliphatic carbocycles. The third-order valence-corrected chi connectivity index (χ3v) is 4.25. The zero-order valence-electron chi connectivity index (χ0n) is 14.4. The lowest BCUT2D eigenvalue weighted by molar-refractivity contribution is 0.0783. The maximum atomic E-state index is 11.4. The summed E-state index contributed by atoms with van der Waals surface area (Å²) in [5, 5.41) is 9.85. The summed E-state index contributed by atoms with van der Waals surface area (Å²) in [5.41, 5.74) is 8.10. The van der Waals surface area contributed by atoms with Crippen molar-refractivity contribution in [2.75, 3.05) is 6.61 Å². The Balaban J connectivity index is 2.25. The Hall–Kier alpha value is -2.17. The minimum absolute atomic E-state index is 0.0439. The van der Waals surface area contributed by atoms with Crippen LogP contribution in [0.5, 0.6) is 0 Å². The predicted octanol–water partition coefficient (Wildman–Crippen LogP) is 2.80. The molecule has 3 N–H and O–H groups in total. The van der Waals surface area contributed by atoms with Gasteiger partial charge in [0.05, 0.1) is 6.61 Å². The Labute approximate surface area is 143 Å². The highest BCUT2D eigenvalue weighted by atomic mass is 16.3. The minimum Gasteiger partial charge on any atom is -0.395 e. The SMILES string of the molecule is CC(C)[C@@H](CO)N(Cc1ccccc1)Cc1cccc(C(N)=O)c1. The topological polar surface area (TPSA) is 66.6 Å². The molecule has 0 saturated heterocycles. The number of carbonyl (C=O) groups is 1. The van der Waals surface area contributed by atoms with Crippen molar-refractivity contribution in [1.29, 1.82) is 0 Å². The van der Waals surface area contributed by atoms with Crippen molar-refractivity contribution in [3.63, 3.8) is 0 Å². The summed E-state index contributed by atoms with van der Waals surface area (Å²) in [7, 11) is 0. The molecule has 4 heteroatoms. The van der Waals surface area contributed by atoms with E-state index in [1.54, 1.807) is 6.07 Å². The lowest BCUT2D eigenvalue weighted by Gasteiger charge is -2.33. The third kappa shape index (κ3) is 4.91. The molecule has 0 radical (unpaired) electrons. The molecule has 0 spiro atoms. The highest BCUT2D eigenvalue weighted by molar-refractivity contribution is 5.92. The van der Waals surface area contributed by atoms with Gasteiger partial charge in [0, 0.05) is 24.7 Å². The van der Waals surface area contributed by atoms with E-state index >= 15 is 0 Å². The second kappa shape index (κ2) is 8.62. The average molecular weight is 326 g/mol. The van der Waals surface area contributed by atoms with Crippen molar-refractivity contribution < 1.29 is 9.90 Å². The van der Waals surface area contributed by atoms with Crippen LogP contribution in [-0.4, -0.2) is 28.6 Å². The van der Waals surface area contributed by atoms with E-state index in [0.717, 1.165) is 12.1 Å². The van der Waals surface area contributed by atoms with Crippen LogP contribution in [0.1, 0.15) is 35.3 Å². The van der Waals surface area contributed by atoms with Crippen molar-refractivity contribution >= 4 is 5.91 Å². The molecule has 0 aromatic heterocycles. The maximum absolute atomic E-state index is 11.4. The Morgan fingerprint density at radius 2 is 1.67 bits per heavy atom. The molecule has 0 heterocycles. The summed E-state index contributed by atoms with van der Waals surface area (Å²) >= 11 is 0. The van der Waals surface area contributed by atoms with Crippen LogP contribution in [0.15, 0.2) is 54.6 Å². The van der Waals surface area contributed by atoms with Crippen LogP contribution in [0.4, 0.5) is 0 Å². The van der Waals surface area contributed by atoms with Crippen LogP contribution in [0.2, 0.25) is 0 Å². The van der Waals surface area contributed by atoms with E-state index in [9.17, 15) is 9.90 Å². The molecule has 0 aliphatic heterocycles. The van der Waals surface area contributed by atoms with Gasteiger partial charge in [0.15, 0.2) is 0 Å². The summed E-state index contributed by atoms with van der Waals surface area (Å²) in [5.74, 6) is -0.105. The van der Waals surface area contributed by atoms with E-state index in [4.69, 9.17) is 5.73 Å². The largest absolute Gasteiger partial charge is 0.395 e. The van der Waals surface area contributed by atoms with Gasteiger partial charge in [0.1, 0.15) is 0 Å². The van der Waals surface area contributed by atoms with Gasteiger partial charge in [0.25, 0.3) is 0 Å². The first-order valence-corrected chi connectivity index (χ1v) is 8.29. The monoisotopic (exact) mass is 326 g/mol. The molecule has 0 saturated carbocycles. The lowest BCUT2D eigenvalue weighted by Crippen LogP contribution is -2.40. The highest BCUT2D eigenvalue weighted by Crippen LogP contribution is 2.19. The van der Waals surface area contributed by atoms with Crippen LogP contribution in [0, 0.1) is 5.92 Å². The highest BCUT2D eigenvalue weighted by Gasteiger charge is 2.21. The summed E-state index contributed by atoms with van der Waals surface area (Å²) in [6.07, 6.45) is 0. The quantitative estimate of drug-likeness (QED) is 0.784. The maximum Gasteiger partial charge on any atom is 0.248 e. The van der Waals surface area contributed by atoms with Crippen molar-refractivity contribution in [3.05, 3.63) is 71.3 Å². The van der Waals surface area contributed by atoms with Gasteiger partial charge in [0.2, 0.25) is 5.91 Å². The number of primary amides is 1. The van der Waals surface area contributed by atoms with Gasteiger partial charge < -0.3 is 10.8 Å². The normalized spacial score (nSPS) is 12.5. The van der Waals surface area contributed by atoms with E-state index in [0.29, 0.717) is 18.0 Å². The van der Waals surface area contributed by atoms with Gasteiger partial charge in [-0.05, 0) is 29.2 Å². The molecule has 0 fully saturated rings. The Morgan fingerprint density at radius 1 is 1.04 bits per heavy atom. The van der Waals surface area contributed by atoms with E-state index in [1.807, 2.05) is 36.4 Å². The van der Waals surface area contributed by atoms with Crippen LogP contribution < -0.4 is 5.73 Å². The Bertz CT molecular complexity index is 656. The number of nitrogens with two attached hydrogens (primary N) is 1. The minimum atomic E-state index is -0.422. The van der Waals surface area contributed by atoms with E-state index in [1.165, 1.54) is 5.56 Å². The van der Waals surface area contributed by atoms with E-state index in [-0.39, 0.29) is 12.6 Å². The number of nitrogens with zero attached hydrogens (tertiary/aromatic N) is 1. The molecule has 1 amide bonds. The van der Waals surface area contributed by atoms with Crippen molar-refractivity contribution in [3.8, 4) is 0 Å². The molecule has 24 heavy (non-hydrogen) atoms. The fourth-order valence-electron chi connectivity index (χ4n) is 2.91. The first kappa shape index (κ1) is 18.2. The average Bonchev–Trinajstić information content (AvgIpc) is 2.56. The number of aliphatic hydroxyl groups excluding tert-OH is 1. The van der Waals surface area contributed by atoms with Crippen LogP contribution in [0.3, 0.4) is 0 Å². The molecule has 0 unspecified atom stereocenters. The molecule has 1 atom stereocenters. The number of hydrogen-bond donors (Lipinski definition) is 2. The van der Waals surface area contributed by atoms with Crippen molar-refractivity contribution in [2.24, 2.45) is 11.7 Å². The fourth-order valence-corrected chi connectivity index (χ4v) is 2.91. The first-order chi connectivity index (χ1) is 11.5. The summed E-state index contributed by atoms with van der Waals surface area (Å²) in [4.78, 5) is 13.6. The number of rotatable bonds is 8. The zero-order valence-corrected chi connectivity index (χ0v) is 14.4. The van der Waals surface area contributed by atoms with Crippen LogP contribution >= 0.6 is 0 Å². The van der Waals surface area contributed by atoms with Gasteiger partial charge in [-0.3, -0.25) is 9.69 Å². The third-order valence-electron chi connectivity index (χ3n) is 4.25.